The molecule has 0 bridgehead atoms. The Morgan fingerprint density at radius 2 is 2.08 bits per heavy atom. The number of nitrogens with one attached hydrogen (secondary N) is 1. The fourth-order valence-corrected chi connectivity index (χ4v) is 0.945. The van der Waals surface area contributed by atoms with Crippen LogP contribution >= 0.6 is 15.9 Å². The molecule has 1 aromatic heterocycles. The summed E-state index contributed by atoms with van der Waals surface area (Å²) < 4.78 is 0.697. The Labute approximate surface area is 85.5 Å². The molecule has 72 valence electrons. The average molecular weight is 246 g/mol. The summed E-state index contributed by atoms with van der Waals surface area (Å²) in [5, 5.41) is 12.2. The summed E-state index contributed by atoms with van der Waals surface area (Å²) in [6.45, 7) is 3.61. The van der Waals surface area contributed by atoms with Gasteiger partial charge in [-0.2, -0.15) is 0 Å². The van der Waals surface area contributed by atoms with E-state index in [-0.39, 0.29) is 6.04 Å². The van der Waals surface area contributed by atoms with Gasteiger partial charge in [0.1, 0.15) is 10.4 Å². The molecule has 0 spiro atoms. The van der Waals surface area contributed by atoms with E-state index in [2.05, 4.69) is 31.2 Å². The van der Waals surface area contributed by atoms with Crippen LogP contribution in [0.4, 0.5) is 5.82 Å². The lowest BCUT2D eigenvalue weighted by Gasteiger charge is -2.16. The van der Waals surface area contributed by atoms with Crippen LogP contribution in [0.3, 0.4) is 0 Å². The van der Waals surface area contributed by atoms with Crippen molar-refractivity contribution in [1.82, 2.24) is 9.97 Å². The van der Waals surface area contributed by atoms with Gasteiger partial charge in [-0.05, 0) is 29.8 Å². The van der Waals surface area contributed by atoms with Gasteiger partial charge in [0.25, 0.3) is 0 Å². The number of aliphatic hydroxyl groups excluding tert-OH is 1. The number of hydrogen-bond acceptors (Lipinski definition) is 4. The molecule has 0 aliphatic heterocycles. The van der Waals surface area contributed by atoms with Crippen molar-refractivity contribution in [3.05, 3.63) is 17.0 Å². The van der Waals surface area contributed by atoms with Gasteiger partial charge in [-0.25, -0.2) is 9.97 Å². The number of nitrogens with zero attached hydrogens (tertiary/aromatic N) is 2. The smallest absolute Gasteiger partial charge is 0.144 e. The summed E-state index contributed by atoms with van der Waals surface area (Å²) in [5.74, 6) is 0.664. The Kier molecular flexibility index (Phi) is 3.62. The first-order valence-corrected chi connectivity index (χ1v) is 4.81. The van der Waals surface area contributed by atoms with E-state index in [1.807, 2.05) is 6.92 Å². The average Bonchev–Trinajstić information content (AvgIpc) is 2.08. The van der Waals surface area contributed by atoms with Gasteiger partial charge in [0.2, 0.25) is 0 Å². The van der Waals surface area contributed by atoms with Crippen molar-refractivity contribution in [3.8, 4) is 0 Å². The molecule has 2 N–H and O–H groups in total. The molecule has 0 saturated carbocycles. The molecular weight excluding hydrogens is 234 g/mol. The fourth-order valence-electron chi connectivity index (χ4n) is 0.741. The van der Waals surface area contributed by atoms with E-state index in [0.29, 0.717) is 10.4 Å². The molecule has 0 aliphatic rings. The van der Waals surface area contributed by atoms with Crippen LogP contribution in [0.15, 0.2) is 17.0 Å². The van der Waals surface area contributed by atoms with Crippen LogP contribution in [-0.4, -0.2) is 27.2 Å². The van der Waals surface area contributed by atoms with Gasteiger partial charge >= 0.3 is 0 Å². The molecule has 5 heteroatoms. The number of hydrogen-bond donors (Lipinski definition) is 2. The highest BCUT2D eigenvalue weighted by Gasteiger charge is 2.08. The van der Waals surface area contributed by atoms with Crippen LogP contribution in [0.5, 0.6) is 0 Å². The maximum atomic E-state index is 9.22. The molecule has 0 aromatic carbocycles. The third kappa shape index (κ3) is 3.28. The van der Waals surface area contributed by atoms with Crippen molar-refractivity contribution < 1.29 is 5.11 Å². The Balaban J connectivity index is 2.59. The molecule has 13 heavy (non-hydrogen) atoms. The minimum absolute atomic E-state index is 0.0320. The van der Waals surface area contributed by atoms with E-state index in [4.69, 9.17) is 0 Å². The summed E-state index contributed by atoms with van der Waals surface area (Å²) in [6, 6.07) is -0.0320. The second kappa shape index (κ2) is 4.53. The van der Waals surface area contributed by atoms with Gasteiger partial charge in [-0.15, -0.1) is 0 Å². The first-order chi connectivity index (χ1) is 6.09. The highest BCUT2D eigenvalue weighted by molar-refractivity contribution is 9.10. The molecule has 0 saturated heterocycles. The maximum Gasteiger partial charge on any atom is 0.144 e. The Morgan fingerprint density at radius 1 is 1.38 bits per heavy atom. The molecular formula is C8H12BrN3O. The molecule has 4 nitrogen and oxygen atoms in total. The standard InChI is InChI=1S/C8H12BrN3O/c1-5(6(2)13)12-8-4-10-7(9)3-11-8/h3-6,13H,1-2H3,(H,11,12). The number of aliphatic hydroxyl groups is 1. The van der Waals surface area contributed by atoms with Crippen molar-refractivity contribution in [1.29, 1.82) is 0 Å². The van der Waals surface area contributed by atoms with Gasteiger partial charge in [0, 0.05) is 0 Å². The predicted molar refractivity (Wildman–Crippen MR) is 54.5 cm³/mol. The first kappa shape index (κ1) is 10.4. The van der Waals surface area contributed by atoms with Crippen molar-refractivity contribution in [3.63, 3.8) is 0 Å². The molecule has 0 amide bonds. The van der Waals surface area contributed by atoms with E-state index in [1.54, 1.807) is 19.3 Å². The summed E-state index contributed by atoms with van der Waals surface area (Å²) in [6.07, 6.45) is 2.81. The first-order valence-electron chi connectivity index (χ1n) is 4.01. The van der Waals surface area contributed by atoms with Gasteiger partial charge in [0.15, 0.2) is 0 Å². The lowest BCUT2D eigenvalue weighted by molar-refractivity contribution is 0.177. The maximum absolute atomic E-state index is 9.22. The third-order valence-electron chi connectivity index (χ3n) is 1.72. The summed E-state index contributed by atoms with van der Waals surface area (Å²) >= 11 is 3.19. The normalized spacial score (nSPS) is 15.1. The Morgan fingerprint density at radius 3 is 2.54 bits per heavy atom. The molecule has 0 radical (unpaired) electrons. The Bertz CT molecular complexity index is 263. The SMILES string of the molecule is CC(O)C(C)Nc1cnc(Br)cn1. The second-order valence-corrected chi connectivity index (χ2v) is 3.71. The molecule has 0 fully saturated rings. The van der Waals surface area contributed by atoms with Crippen molar-refractivity contribution in [2.45, 2.75) is 26.0 Å². The zero-order valence-electron chi connectivity index (χ0n) is 7.53. The third-order valence-corrected chi connectivity index (χ3v) is 2.13. The van der Waals surface area contributed by atoms with Gasteiger partial charge < -0.3 is 10.4 Å². The topological polar surface area (TPSA) is 58.0 Å². The van der Waals surface area contributed by atoms with Crippen molar-refractivity contribution in [2.75, 3.05) is 5.32 Å². The monoisotopic (exact) mass is 245 g/mol. The Hall–Kier alpha value is -0.680. The zero-order valence-corrected chi connectivity index (χ0v) is 9.12. The minimum Gasteiger partial charge on any atom is -0.391 e. The predicted octanol–water partition coefficient (Wildman–Crippen LogP) is 1.42. The lowest BCUT2D eigenvalue weighted by atomic mass is 10.2. The number of rotatable bonds is 3. The van der Waals surface area contributed by atoms with Crippen LogP contribution in [0.1, 0.15) is 13.8 Å². The second-order valence-electron chi connectivity index (χ2n) is 2.90. The highest BCUT2D eigenvalue weighted by atomic mass is 79.9. The van der Waals surface area contributed by atoms with Gasteiger partial charge in [0.05, 0.1) is 24.5 Å². The van der Waals surface area contributed by atoms with Crippen LogP contribution < -0.4 is 5.32 Å². The highest BCUT2D eigenvalue weighted by Crippen LogP contribution is 2.08. The summed E-state index contributed by atoms with van der Waals surface area (Å²) in [7, 11) is 0. The molecule has 1 aromatic rings. The minimum atomic E-state index is -0.412. The van der Waals surface area contributed by atoms with Crippen LogP contribution in [0, 0.1) is 0 Å². The lowest BCUT2D eigenvalue weighted by Crippen LogP contribution is -2.28. The van der Waals surface area contributed by atoms with E-state index in [9.17, 15) is 5.11 Å². The van der Waals surface area contributed by atoms with Crippen LogP contribution in [0.2, 0.25) is 0 Å². The number of halogens is 1. The van der Waals surface area contributed by atoms with Gasteiger partial charge in [-0.3, -0.25) is 0 Å². The van der Waals surface area contributed by atoms with Crippen LogP contribution in [0.25, 0.3) is 0 Å². The van der Waals surface area contributed by atoms with E-state index < -0.39 is 6.10 Å². The molecule has 2 unspecified atom stereocenters. The number of aromatic nitrogens is 2. The molecule has 2 atom stereocenters. The molecule has 1 heterocycles. The van der Waals surface area contributed by atoms with Gasteiger partial charge in [-0.1, -0.05) is 0 Å². The fraction of sp³-hybridized carbons (Fsp3) is 0.500. The van der Waals surface area contributed by atoms with E-state index in [0.717, 1.165) is 0 Å². The summed E-state index contributed by atoms with van der Waals surface area (Å²) in [4.78, 5) is 8.07. The largest absolute Gasteiger partial charge is 0.391 e. The number of anilines is 1. The zero-order chi connectivity index (χ0) is 9.84. The molecule has 0 aliphatic carbocycles. The quantitative estimate of drug-likeness (QED) is 0.846. The molecule has 1 rings (SSSR count). The van der Waals surface area contributed by atoms with E-state index in [1.165, 1.54) is 0 Å². The van der Waals surface area contributed by atoms with Crippen molar-refractivity contribution >= 4 is 21.7 Å². The summed E-state index contributed by atoms with van der Waals surface area (Å²) in [5.41, 5.74) is 0. The van der Waals surface area contributed by atoms with Crippen molar-refractivity contribution in [2.24, 2.45) is 0 Å². The van der Waals surface area contributed by atoms with E-state index >= 15 is 0 Å². The van der Waals surface area contributed by atoms with Crippen LogP contribution in [-0.2, 0) is 0 Å².